The predicted molar refractivity (Wildman–Crippen MR) is 55.3 cm³/mol. The number of rotatable bonds is 5. The first-order valence-corrected chi connectivity index (χ1v) is 4.58. The van der Waals surface area contributed by atoms with Gasteiger partial charge in [-0.2, -0.15) is 0 Å². The van der Waals surface area contributed by atoms with Crippen LogP contribution in [0.1, 0.15) is 11.3 Å². The summed E-state index contributed by atoms with van der Waals surface area (Å²) in [6.45, 7) is 0.669. The SMILES string of the molecule is CNc1nc(CCO)ccc1COC. The minimum atomic E-state index is 0.125. The van der Waals surface area contributed by atoms with Crippen molar-refractivity contribution < 1.29 is 9.84 Å². The van der Waals surface area contributed by atoms with Crippen LogP contribution in [0.3, 0.4) is 0 Å². The lowest BCUT2D eigenvalue weighted by Gasteiger charge is -2.08. The number of methoxy groups -OCH3 is 1. The van der Waals surface area contributed by atoms with E-state index in [2.05, 4.69) is 10.3 Å². The van der Waals surface area contributed by atoms with Gasteiger partial charge in [0.2, 0.25) is 0 Å². The fraction of sp³-hybridized carbons (Fsp3) is 0.500. The van der Waals surface area contributed by atoms with Crippen molar-refractivity contribution in [2.24, 2.45) is 0 Å². The van der Waals surface area contributed by atoms with Gasteiger partial charge in [0.05, 0.1) is 6.61 Å². The maximum Gasteiger partial charge on any atom is 0.131 e. The molecule has 0 spiro atoms. The normalized spacial score (nSPS) is 10.2. The minimum Gasteiger partial charge on any atom is -0.396 e. The maximum absolute atomic E-state index is 8.77. The van der Waals surface area contributed by atoms with Gasteiger partial charge < -0.3 is 15.2 Å². The van der Waals surface area contributed by atoms with Crippen molar-refractivity contribution >= 4 is 5.82 Å². The monoisotopic (exact) mass is 196 g/mol. The van der Waals surface area contributed by atoms with Gasteiger partial charge in [0.25, 0.3) is 0 Å². The molecule has 0 aromatic carbocycles. The van der Waals surface area contributed by atoms with E-state index in [1.165, 1.54) is 0 Å². The molecule has 0 bridgehead atoms. The number of nitrogens with zero attached hydrogens (tertiary/aromatic N) is 1. The topological polar surface area (TPSA) is 54.4 Å². The number of pyridine rings is 1. The number of aliphatic hydroxyl groups excluding tert-OH is 1. The summed E-state index contributed by atoms with van der Waals surface area (Å²) in [6.07, 6.45) is 0.585. The van der Waals surface area contributed by atoms with Gasteiger partial charge in [-0.25, -0.2) is 4.98 Å². The molecular formula is C10H16N2O2. The van der Waals surface area contributed by atoms with E-state index in [0.717, 1.165) is 17.1 Å². The number of hydrogen-bond donors (Lipinski definition) is 2. The van der Waals surface area contributed by atoms with E-state index < -0.39 is 0 Å². The molecule has 4 heteroatoms. The van der Waals surface area contributed by atoms with Gasteiger partial charge in [-0.15, -0.1) is 0 Å². The first-order valence-electron chi connectivity index (χ1n) is 4.58. The zero-order valence-corrected chi connectivity index (χ0v) is 8.58. The van der Waals surface area contributed by atoms with E-state index in [0.29, 0.717) is 13.0 Å². The molecule has 0 atom stereocenters. The third-order valence-corrected chi connectivity index (χ3v) is 1.94. The molecule has 0 aliphatic carbocycles. The van der Waals surface area contributed by atoms with Crippen molar-refractivity contribution in [2.45, 2.75) is 13.0 Å². The van der Waals surface area contributed by atoms with Crippen LogP contribution >= 0.6 is 0 Å². The summed E-state index contributed by atoms with van der Waals surface area (Å²) in [5, 5.41) is 11.8. The standard InChI is InChI=1S/C10H16N2O2/c1-11-10-8(7-14-2)3-4-9(12-10)5-6-13/h3-4,13H,5-7H2,1-2H3,(H,11,12). The van der Waals surface area contributed by atoms with Gasteiger partial charge in [-0.1, -0.05) is 6.07 Å². The summed E-state index contributed by atoms with van der Waals surface area (Å²) in [5.74, 6) is 0.817. The van der Waals surface area contributed by atoms with Crippen LogP contribution in [0.2, 0.25) is 0 Å². The minimum absolute atomic E-state index is 0.125. The number of hydrogen-bond acceptors (Lipinski definition) is 4. The Morgan fingerprint density at radius 1 is 1.50 bits per heavy atom. The summed E-state index contributed by atoms with van der Waals surface area (Å²) in [6, 6.07) is 3.87. The van der Waals surface area contributed by atoms with Crippen molar-refractivity contribution in [3.8, 4) is 0 Å². The Labute approximate surface area is 83.9 Å². The quantitative estimate of drug-likeness (QED) is 0.731. The number of aromatic nitrogens is 1. The molecule has 0 aliphatic rings. The fourth-order valence-electron chi connectivity index (χ4n) is 1.27. The summed E-state index contributed by atoms with van der Waals surface area (Å²) in [4.78, 5) is 4.35. The highest BCUT2D eigenvalue weighted by atomic mass is 16.5. The molecule has 4 nitrogen and oxygen atoms in total. The largest absolute Gasteiger partial charge is 0.396 e. The molecule has 1 heterocycles. The molecule has 1 rings (SSSR count). The predicted octanol–water partition coefficient (Wildman–Crippen LogP) is 0.804. The van der Waals surface area contributed by atoms with E-state index in [-0.39, 0.29) is 6.61 Å². The molecule has 0 aliphatic heterocycles. The van der Waals surface area contributed by atoms with Crippen molar-refractivity contribution in [1.82, 2.24) is 4.98 Å². The molecule has 1 aromatic heterocycles. The van der Waals surface area contributed by atoms with Crippen molar-refractivity contribution in [3.63, 3.8) is 0 Å². The highest BCUT2D eigenvalue weighted by Gasteiger charge is 2.03. The zero-order valence-electron chi connectivity index (χ0n) is 8.58. The lowest BCUT2D eigenvalue weighted by Crippen LogP contribution is -2.03. The third kappa shape index (κ3) is 2.68. The maximum atomic E-state index is 8.77. The third-order valence-electron chi connectivity index (χ3n) is 1.94. The summed E-state index contributed by atoms with van der Waals surface area (Å²) >= 11 is 0. The van der Waals surface area contributed by atoms with Crippen LogP contribution < -0.4 is 5.32 Å². The lowest BCUT2D eigenvalue weighted by atomic mass is 10.2. The zero-order chi connectivity index (χ0) is 10.4. The van der Waals surface area contributed by atoms with Crippen molar-refractivity contribution in [3.05, 3.63) is 23.4 Å². The second kappa shape index (κ2) is 5.57. The summed E-state index contributed by atoms with van der Waals surface area (Å²) in [5.41, 5.74) is 1.91. The van der Waals surface area contributed by atoms with Crippen LogP contribution in [0, 0.1) is 0 Å². The van der Waals surface area contributed by atoms with Crippen LogP contribution in [0.5, 0.6) is 0 Å². The Morgan fingerprint density at radius 2 is 2.29 bits per heavy atom. The van der Waals surface area contributed by atoms with Crippen LogP contribution in [0.4, 0.5) is 5.82 Å². The molecule has 0 amide bonds. The second-order valence-electron chi connectivity index (χ2n) is 2.97. The molecule has 0 saturated heterocycles. The van der Waals surface area contributed by atoms with Crippen LogP contribution in [-0.2, 0) is 17.8 Å². The van der Waals surface area contributed by atoms with Gasteiger partial charge in [0.15, 0.2) is 0 Å². The molecule has 1 aromatic rings. The van der Waals surface area contributed by atoms with E-state index in [9.17, 15) is 0 Å². The molecule has 78 valence electrons. The van der Waals surface area contributed by atoms with E-state index in [1.54, 1.807) is 7.11 Å². The van der Waals surface area contributed by atoms with Gasteiger partial charge in [-0.3, -0.25) is 0 Å². The Hall–Kier alpha value is -1.13. The molecule has 0 unspecified atom stereocenters. The van der Waals surface area contributed by atoms with E-state index in [1.807, 2.05) is 19.2 Å². The van der Waals surface area contributed by atoms with Crippen LogP contribution in [0.15, 0.2) is 12.1 Å². The lowest BCUT2D eigenvalue weighted by molar-refractivity contribution is 0.185. The number of nitrogens with one attached hydrogen (secondary N) is 1. The molecule has 14 heavy (non-hydrogen) atoms. The Balaban J connectivity index is 2.87. The summed E-state index contributed by atoms with van der Waals surface area (Å²) in [7, 11) is 3.48. The number of aliphatic hydroxyl groups is 1. The Bertz CT molecular complexity index is 289. The average Bonchev–Trinajstić information content (AvgIpc) is 2.21. The first-order chi connectivity index (χ1) is 6.81. The smallest absolute Gasteiger partial charge is 0.131 e. The van der Waals surface area contributed by atoms with E-state index >= 15 is 0 Å². The second-order valence-corrected chi connectivity index (χ2v) is 2.97. The van der Waals surface area contributed by atoms with E-state index in [4.69, 9.17) is 9.84 Å². The summed E-state index contributed by atoms with van der Waals surface area (Å²) < 4.78 is 5.04. The average molecular weight is 196 g/mol. The first kappa shape index (κ1) is 10.9. The van der Waals surface area contributed by atoms with Crippen molar-refractivity contribution in [2.75, 3.05) is 26.1 Å². The fourth-order valence-corrected chi connectivity index (χ4v) is 1.27. The van der Waals surface area contributed by atoms with Crippen LogP contribution in [0.25, 0.3) is 0 Å². The molecule has 2 N–H and O–H groups in total. The molecular weight excluding hydrogens is 180 g/mol. The highest BCUT2D eigenvalue weighted by molar-refractivity contribution is 5.44. The van der Waals surface area contributed by atoms with Crippen LogP contribution in [-0.4, -0.2) is 30.9 Å². The van der Waals surface area contributed by atoms with Gasteiger partial charge in [-0.05, 0) is 6.07 Å². The van der Waals surface area contributed by atoms with Gasteiger partial charge in [0.1, 0.15) is 5.82 Å². The number of ether oxygens (including phenoxy) is 1. The Morgan fingerprint density at radius 3 is 2.86 bits per heavy atom. The molecule has 0 fully saturated rings. The van der Waals surface area contributed by atoms with Gasteiger partial charge >= 0.3 is 0 Å². The Kier molecular flexibility index (Phi) is 4.35. The van der Waals surface area contributed by atoms with Crippen molar-refractivity contribution in [1.29, 1.82) is 0 Å². The molecule has 0 radical (unpaired) electrons. The van der Waals surface area contributed by atoms with Gasteiger partial charge in [0, 0.05) is 38.4 Å². The number of anilines is 1. The molecule has 0 saturated carbocycles. The highest BCUT2D eigenvalue weighted by Crippen LogP contribution is 2.14.